The lowest BCUT2D eigenvalue weighted by Gasteiger charge is -2.30. The van der Waals surface area contributed by atoms with Gasteiger partial charge in [0.15, 0.2) is 0 Å². The van der Waals surface area contributed by atoms with Crippen LogP contribution >= 0.6 is 0 Å². The number of methoxy groups -OCH3 is 1. The Kier molecular flexibility index (Phi) is 8.25. The highest BCUT2D eigenvalue weighted by atomic mass is 16.6. The maximum atomic E-state index is 13.2. The number of ether oxygens (including phenoxy) is 2. The molecule has 1 aliphatic rings. The predicted molar refractivity (Wildman–Crippen MR) is 136 cm³/mol. The van der Waals surface area contributed by atoms with E-state index in [1.165, 1.54) is 5.56 Å². The molecule has 2 aromatic carbocycles. The molecule has 0 bridgehead atoms. The molecule has 1 aromatic heterocycles. The van der Waals surface area contributed by atoms with E-state index in [-0.39, 0.29) is 12.1 Å². The molecule has 1 saturated heterocycles. The maximum Gasteiger partial charge on any atom is 0.415 e. The van der Waals surface area contributed by atoms with Crippen molar-refractivity contribution in [3.63, 3.8) is 0 Å². The number of fused-ring (bicyclic) bond motifs is 1. The number of rotatable bonds is 10. The van der Waals surface area contributed by atoms with Gasteiger partial charge in [-0.05, 0) is 81.4 Å². The van der Waals surface area contributed by atoms with E-state index in [4.69, 9.17) is 9.47 Å². The molecule has 6 heteroatoms. The molecule has 0 radical (unpaired) electrons. The molecule has 1 amide bonds. The van der Waals surface area contributed by atoms with Crippen LogP contribution in [0.5, 0.6) is 5.75 Å². The van der Waals surface area contributed by atoms with Gasteiger partial charge in [0, 0.05) is 49.9 Å². The Morgan fingerprint density at radius 1 is 1.12 bits per heavy atom. The first-order chi connectivity index (χ1) is 16.5. The average molecular weight is 464 g/mol. The van der Waals surface area contributed by atoms with Crippen LogP contribution < -0.4 is 10.1 Å². The smallest absolute Gasteiger partial charge is 0.410 e. The predicted octanol–water partition coefficient (Wildman–Crippen LogP) is 4.97. The molecule has 0 spiro atoms. The maximum absolute atomic E-state index is 13.2. The van der Waals surface area contributed by atoms with Gasteiger partial charge in [-0.2, -0.15) is 0 Å². The number of carbonyl (C=O) groups is 1. The number of nitrogens with one attached hydrogen (secondary N) is 1. The van der Waals surface area contributed by atoms with E-state index < -0.39 is 0 Å². The van der Waals surface area contributed by atoms with Crippen molar-refractivity contribution in [3.8, 4) is 5.75 Å². The van der Waals surface area contributed by atoms with Crippen molar-refractivity contribution < 1.29 is 14.3 Å². The van der Waals surface area contributed by atoms with E-state index in [2.05, 4.69) is 66.3 Å². The van der Waals surface area contributed by atoms with Crippen LogP contribution in [0.1, 0.15) is 25.8 Å². The fourth-order valence-corrected chi connectivity index (χ4v) is 4.88. The molecule has 0 saturated carbocycles. The summed E-state index contributed by atoms with van der Waals surface area (Å²) < 4.78 is 13.2. The number of aryl methyl sites for hydroxylation is 1. The molecule has 6 nitrogen and oxygen atoms in total. The van der Waals surface area contributed by atoms with Gasteiger partial charge in [-0.25, -0.2) is 4.79 Å². The van der Waals surface area contributed by atoms with E-state index in [0.717, 1.165) is 50.0 Å². The van der Waals surface area contributed by atoms with Gasteiger partial charge in [0.1, 0.15) is 5.75 Å². The summed E-state index contributed by atoms with van der Waals surface area (Å²) in [6.07, 6.45) is 3.78. The zero-order valence-corrected chi connectivity index (χ0v) is 20.6. The summed E-state index contributed by atoms with van der Waals surface area (Å²) in [5.41, 5.74) is 2.49. The second kappa shape index (κ2) is 11.5. The molecule has 3 aromatic rings. The number of benzene rings is 2. The van der Waals surface area contributed by atoms with Crippen molar-refractivity contribution in [3.05, 3.63) is 66.4 Å². The zero-order chi connectivity index (χ0) is 23.9. The monoisotopic (exact) mass is 463 g/mol. The third-order valence-electron chi connectivity index (χ3n) is 6.80. The fraction of sp³-hybridized carbons (Fsp3) is 0.464. The summed E-state index contributed by atoms with van der Waals surface area (Å²) in [6.45, 7) is 8.35. The SMILES string of the molecule is COCCCn1ccc2cc(OC(=O)N(C[C@H]3CNC[C@@H]3Cc3ccccc3)C(C)C)ccc21. The number of carbonyl (C=O) groups excluding carboxylic acids is 1. The van der Waals surface area contributed by atoms with Gasteiger partial charge in [-0.15, -0.1) is 0 Å². The van der Waals surface area contributed by atoms with E-state index >= 15 is 0 Å². The minimum atomic E-state index is -0.278. The lowest BCUT2D eigenvalue weighted by Crippen LogP contribution is -2.43. The molecule has 1 N–H and O–H groups in total. The quantitative estimate of drug-likeness (QED) is 0.432. The molecule has 2 heterocycles. The van der Waals surface area contributed by atoms with Crippen molar-refractivity contribution in [2.24, 2.45) is 11.8 Å². The Bertz CT molecular complexity index is 1060. The number of hydrogen-bond donors (Lipinski definition) is 1. The first kappa shape index (κ1) is 24.3. The molecule has 0 aliphatic carbocycles. The summed E-state index contributed by atoms with van der Waals surface area (Å²) in [7, 11) is 1.72. The number of amides is 1. The Morgan fingerprint density at radius 3 is 2.68 bits per heavy atom. The van der Waals surface area contributed by atoms with Crippen molar-refractivity contribution in [1.29, 1.82) is 0 Å². The summed E-state index contributed by atoms with van der Waals surface area (Å²) in [5.74, 6) is 1.49. The second-order valence-corrected chi connectivity index (χ2v) is 9.56. The number of nitrogens with zero attached hydrogens (tertiary/aromatic N) is 2. The van der Waals surface area contributed by atoms with E-state index in [9.17, 15) is 4.79 Å². The standard InChI is InChI=1S/C28H37N3O3/c1-21(2)31(20-25-19-29-18-24(25)16-22-8-5-4-6-9-22)28(32)34-26-10-11-27-23(17-26)12-14-30(27)13-7-15-33-3/h4-6,8-12,14,17,21,24-25,29H,7,13,15-16,18-20H2,1-3H3/t24-,25+/m0/s1. The van der Waals surface area contributed by atoms with E-state index in [1.54, 1.807) is 7.11 Å². The van der Waals surface area contributed by atoms with Gasteiger partial charge < -0.3 is 24.3 Å². The van der Waals surface area contributed by atoms with Crippen LogP contribution in [0.25, 0.3) is 10.9 Å². The highest BCUT2D eigenvalue weighted by molar-refractivity contribution is 5.82. The van der Waals surface area contributed by atoms with Crippen molar-refractivity contribution in [1.82, 2.24) is 14.8 Å². The van der Waals surface area contributed by atoms with Crippen molar-refractivity contribution in [2.45, 2.75) is 39.3 Å². The highest BCUT2D eigenvalue weighted by Crippen LogP contribution is 2.26. The molecular weight excluding hydrogens is 426 g/mol. The number of aromatic nitrogens is 1. The van der Waals surface area contributed by atoms with Crippen molar-refractivity contribution in [2.75, 3.05) is 33.4 Å². The van der Waals surface area contributed by atoms with Gasteiger partial charge in [0.05, 0.1) is 0 Å². The topological polar surface area (TPSA) is 55.7 Å². The third kappa shape index (κ3) is 5.99. The van der Waals surface area contributed by atoms with Crippen LogP contribution in [0.4, 0.5) is 4.79 Å². The van der Waals surface area contributed by atoms with Crippen LogP contribution in [0, 0.1) is 11.8 Å². The van der Waals surface area contributed by atoms with E-state index in [1.807, 2.05) is 23.1 Å². The summed E-state index contributed by atoms with van der Waals surface area (Å²) >= 11 is 0. The van der Waals surface area contributed by atoms with Crippen LogP contribution in [0.3, 0.4) is 0 Å². The first-order valence-electron chi connectivity index (χ1n) is 12.4. The van der Waals surface area contributed by atoms with Crippen LogP contribution in [0.2, 0.25) is 0 Å². The molecule has 2 atom stereocenters. The second-order valence-electron chi connectivity index (χ2n) is 9.56. The Labute approximate surface area is 202 Å². The Morgan fingerprint density at radius 2 is 1.91 bits per heavy atom. The normalized spacial score (nSPS) is 18.0. The molecule has 4 rings (SSSR count). The fourth-order valence-electron chi connectivity index (χ4n) is 4.88. The molecule has 1 aliphatic heterocycles. The lowest BCUT2D eigenvalue weighted by atomic mass is 9.89. The third-order valence-corrected chi connectivity index (χ3v) is 6.80. The Hall–Kier alpha value is -2.83. The van der Waals surface area contributed by atoms with Crippen LogP contribution in [0.15, 0.2) is 60.8 Å². The van der Waals surface area contributed by atoms with E-state index in [0.29, 0.717) is 24.1 Å². The molecule has 1 fully saturated rings. The number of hydrogen-bond acceptors (Lipinski definition) is 4. The highest BCUT2D eigenvalue weighted by Gasteiger charge is 2.32. The molecule has 34 heavy (non-hydrogen) atoms. The van der Waals surface area contributed by atoms with Crippen molar-refractivity contribution >= 4 is 17.0 Å². The van der Waals surface area contributed by atoms with Gasteiger partial charge in [0.25, 0.3) is 0 Å². The lowest BCUT2D eigenvalue weighted by molar-refractivity contribution is 0.125. The molecule has 182 valence electrons. The van der Waals surface area contributed by atoms with Crippen LogP contribution in [-0.2, 0) is 17.7 Å². The van der Waals surface area contributed by atoms with Gasteiger partial charge in [-0.1, -0.05) is 30.3 Å². The largest absolute Gasteiger partial charge is 0.415 e. The van der Waals surface area contributed by atoms with Gasteiger partial charge in [-0.3, -0.25) is 0 Å². The summed E-state index contributed by atoms with van der Waals surface area (Å²) in [5, 5.41) is 4.60. The first-order valence-corrected chi connectivity index (χ1v) is 12.4. The Balaban J connectivity index is 1.40. The zero-order valence-electron chi connectivity index (χ0n) is 20.6. The summed E-state index contributed by atoms with van der Waals surface area (Å²) in [4.78, 5) is 15.1. The summed E-state index contributed by atoms with van der Waals surface area (Å²) in [6, 6.07) is 18.6. The molecule has 0 unspecified atom stereocenters. The van der Waals surface area contributed by atoms with Gasteiger partial charge in [0.2, 0.25) is 0 Å². The van der Waals surface area contributed by atoms with Crippen LogP contribution in [-0.4, -0.2) is 55.0 Å². The minimum absolute atomic E-state index is 0.0658. The molecular formula is C28H37N3O3. The minimum Gasteiger partial charge on any atom is -0.410 e. The van der Waals surface area contributed by atoms with Gasteiger partial charge >= 0.3 is 6.09 Å². The average Bonchev–Trinajstić information content (AvgIpc) is 3.44.